The fraction of sp³-hybridized carbons (Fsp3) is 0.455. The fourth-order valence-electron chi connectivity index (χ4n) is 1.75. The van der Waals surface area contributed by atoms with Crippen LogP contribution in [0.1, 0.15) is 23.7 Å². The summed E-state index contributed by atoms with van der Waals surface area (Å²) >= 11 is 0. The quantitative estimate of drug-likeness (QED) is 0.704. The zero-order valence-electron chi connectivity index (χ0n) is 8.99. The highest BCUT2D eigenvalue weighted by Gasteiger charge is 2.24. The smallest absolute Gasteiger partial charge is 0.410 e. The van der Waals surface area contributed by atoms with Crippen LogP contribution in [0, 0.1) is 6.92 Å². The van der Waals surface area contributed by atoms with Gasteiger partial charge in [0.05, 0.1) is 13.2 Å². The number of hydrogen-bond donors (Lipinski definition) is 0. The minimum Gasteiger partial charge on any atom is -0.450 e. The van der Waals surface area contributed by atoms with Crippen molar-refractivity contribution >= 4 is 6.09 Å². The lowest BCUT2D eigenvalue weighted by molar-refractivity contribution is 0.106. The Hall–Kier alpha value is -1.58. The monoisotopic (exact) mass is 206 g/mol. The third-order valence-corrected chi connectivity index (χ3v) is 2.47. The molecule has 1 aromatic rings. The van der Waals surface area contributed by atoms with E-state index in [0.717, 1.165) is 11.3 Å². The number of pyridine rings is 1. The molecule has 0 fully saturated rings. The van der Waals surface area contributed by atoms with E-state index in [2.05, 4.69) is 4.98 Å². The normalized spacial score (nSPS) is 13.9. The van der Waals surface area contributed by atoms with Crippen LogP contribution in [0.25, 0.3) is 0 Å². The minimum absolute atomic E-state index is 0.244. The average Bonchev–Trinajstić information content (AvgIpc) is 2.60. The molecule has 0 bridgehead atoms. The first-order valence-corrected chi connectivity index (χ1v) is 5.07. The van der Waals surface area contributed by atoms with Crippen LogP contribution < -0.4 is 0 Å². The van der Waals surface area contributed by atoms with Crippen LogP contribution in [0.15, 0.2) is 12.3 Å². The van der Waals surface area contributed by atoms with Gasteiger partial charge >= 0.3 is 6.09 Å². The van der Waals surface area contributed by atoms with Crippen LogP contribution >= 0.6 is 0 Å². The highest BCUT2D eigenvalue weighted by Crippen LogP contribution is 2.22. The Morgan fingerprint density at radius 3 is 3.00 bits per heavy atom. The van der Waals surface area contributed by atoms with E-state index in [1.54, 1.807) is 4.90 Å². The summed E-state index contributed by atoms with van der Waals surface area (Å²) in [5.41, 5.74) is 3.28. The fourth-order valence-corrected chi connectivity index (χ4v) is 1.75. The maximum atomic E-state index is 11.5. The number of rotatable bonds is 1. The van der Waals surface area contributed by atoms with Crippen LogP contribution in [0.5, 0.6) is 0 Å². The van der Waals surface area contributed by atoms with Gasteiger partial charge in [-0.05, 0) is 31.0 Å². The Bertz CT molecular complexity index is 390. The molecule has 0 aromatic carbocycles. The average molecular weight is 206 g/mol. The van der Waals surface area contributed by atoms with Crippen molar-refractivity contribution in [2.45, 2.75) is 26.9 Å². The third-order valence-electron chi connectivity index (χ3n) is 2.47. The highest BCUT2D eigenvalue weighted by atomic mass is 16.6. The van der Waals surface area contributed by atoms with Crippen LogP contribution in [-0.4, -0.2) is 22.6 Å². The third kappa shape index (κ3) is 1.93. The van der Waals surface area contributed by atoms with Crippen molar-refractivity contribution in [1.29, 1.82) is 0 Å². The van der Waals surface area contributed by atoms with E-state index < -0.39 is 0 Å². The summed E-state index contributed by atoms with van der Waals surface area (Å²) < 4.78 is 4.95. The predicted molar refractivity (Wildman–Crippen MR) is 55.2 cm³/mol. The topological polar surface area (TPSA) is 42.4 Å². The van der Waals surface area contributed by atoms with E-state index >= 15 is 0 Å². The lowest BCUT2D eigenvalue weighted by atomic mass is 10.2. The zero-order valence-corrected chi connectivity index (χ0v) is 8.99. The van der Waals surface area contributed by atoms with E-state index in [0.29, 0.717) is 19.7 Å². The number of ether oxygens (including phenoxy) is 1. The summed E-state index contributed by atoms with van der Waals surface area (Å²) in [6.07, 6.45) is 1.59. The van der Waals surface area contributed by atoms with Gasteiger partial charge in [-0.15, -0.1) is 0 Å². The molecular weight excluding hydrogens is 192 g/mol. The molecule has 15 heavy (non-hydrogen) atoms. The molecular formula is C11H14N2O2. The summed E-state index contributed by atoms with van der Waals surface area (Å²) in [7, 11) is 0. The molecule has 0 spiro atoms. The van der Waals surface area contributed by atoms with Crippen molar-refractivity contribution in [3.8, 4) is 0 Å². The van der Waals surface area contributed by atoms with Gasteiger partial charge in [0.25, 0.3) is 0 Å². The number of carbonyl (C=O) groups excluding carboxylic acids is 1. The van der Waals surface area contributed by atoms with Gasteiger partial charge in [-0.3, -0.25) is 9.88 Å². The molecule has 1 amide bonds. The van der Waals surface area contributed by atoms with Gasteiger partial charge in [0.1, 0.15) is 0 Å². The molecule has 1 aliphatic heterocycles. The maximum Gasteiger partial charge on any atom is 0.410 e. The van der Waals surface area contributed by atoms with Crippen molar-refractivity contribution in [1.82, 2.24) is 9.88 Å². The largest absolute Gasteiger partial charge is 0.450 e. The molecule has 0 atom stereocenters. The van der Waals surface area contributed by atoms with E-state index in [9.17, 15) is 4.79 Å². The van der Waals surface area contributed by atoms with Crippen molar-refractivity contribution in [2.75, 3.05) is 6.61 Å². The van der Waals surface area contributed by atoms with Gasteiger partial charge in [0.15, 0.2) is 0 Å². The van der Waals surface area contributed by atoms with E-state index in [4.69, 9.17) is 4.74 Å². The highest BCUT2D eigenvalue weighted by molar-refractivity contribution is 5.68. The number of aryl methyl sites for hydroxylation is 1. The standard InChI is InChI=1S/C11H14N2O2/c1-3-15-11(14)13-6-9-4-8(2)12-5-10(9)7-13/h4-5H,3,6-7H2,1-2H3. The molecule has 4 heteroatoms. The number of fused-ring (bicyclic) bond motifs is 1. The van der Waals surface area contributed by atoms with Crippen LogP contribution in [-0.2, 0) is 17.8 Å². The van der Waals surface area contributed by atoms with E-state index in [1.165, 1.54) is 5.56 Å². The van der Waals surface area contributed by atoms with Gasteiger partial charge in [-0.1, -0.05) is 0 Å². The molecule has 80 valence electrons. The van der Waals surface area contributed by atoms with Crippen LogP contribution in [0.2, 0.25) is 0 Å². The molecule has 2 rings (SSSR count). The summed E-state index contributed by atoms with van der Waals surface area (Å²) in [4.78, 5) is 17.4. The SMILES string of the molecule is CCOC(=O)N1Cc2cnc(C)cc2C1. The number of aromatic nitrogens is 1. The molecule has 1 aromatic heterocycles. The Balaban J connectivity index is 2.12. The second-order valence-electron chi connectivity index (χ2n) is 3.65. The molecule has 0 saturated carbocycles. The van der Waals surface area contributed by atoms with E-state index in [-0.39, 0.29) is 6.09 Å². The summed E-state index contributed by atoms with van der Waals surface area (Å²) in [6, 6.07) is 2.02. The molecule has 0 aliphatic carbocycles. The number of amides is 1. The van der Waals surface area contributed by atoms with Gasteiger partial charge in [0.2, 0.25) is 0 Å². The zero-order chi connectivity index (χ0) is 10.8. The summed E-state index contributed by atoms with van der Waals surface area (Å²) in [5, 5.41) is 0. The molecule has 0 radical (unpaired) electrons. The molecule has 0 N–H and O–H groups in total. The molecule has 1 aliphatic rings. The molecule has 0 unspecified atom stereocenters. The Morgan fingerprint density at radius 1 is 1.53 bits per heavy atom. The summed E-state index contributed by atoms with van der Waals surface area (Å²) in [5.74, 6) is 0. The second kappa shape index (κ2) is 3.88. The first kappa shape index (κ1) is 9.96. The van der Waals surface area contributed by atoms with Gasteiger partial charge in [0, 0.05) is 18.4 Å². The lowest BCUT2D eigenvalue weighted by Crippen LogP contribution is -2.25. The minimum atomic E-state index is -0.244. The second-order valence-corrected chi connectivity index (χ2v) is 3.65. The van der Waals surface area contributed by atoms with Gasteiger partial charge in [-0.2, -0.15) is 0 Å². The number of nitrogens with zero attached hydrogens (tertiary/aromatic N) is 2. The predicted octanol–water partition coefficient (Wildman–Crippen LogP) is 1.86. The van der Waals surface area contributed by atoms with Crippen LogP contribution in [0.3, 0.4) is 0 Å². The lowest BCUT2D eigenvalue weighted by Gasteiger charge is -2.13. The molecule has 4 nitrogen and oxygen atoms in total. The molecule has 2 heterocycles. The maximum absolute atomic E-state index is 11.5. The Morgan fingerprint density at radius 2 is 2.27 bits per heavy atom. The van der Waals surface area contributed by atoms with Crippen molar-refractivity contribution in [3.63, 3.8) is 0 Å². The van der Waals surface area contributed by atoms with E-state index in [1.807, 2.05) is 26.1 Å². The van der Waals surface area contributed by atoms with Gasteiger partial charge in [-0.25, -0.2) is 4.79 Å². The van der Waals surface area contributed by atoms with Crippen molar-refractivity contribution < 1.29 is 9.53 Å². The molecule has 0 saturated heterocycles. The van der Waals surface area contributed by atoms with Crippen molar-refractivity contribution in [2.24, 2.45) is 0 Å². The Labute approximate surface area is 88.9 Å². The number of carbonyl (C=O) groups is 1. The summed E-state index contributed by atoms with van der Waals surface area (Å²) in [6.45, 7) is 5.43. The van der Waals surface area contributed by atoms with Crippen molar-refractivity contribution in [3.05, 3.63) is 29.1 Å². The van der Waals surface area contributed by atoms with Crippen LogP contribution in [0.4, 0.5) is 4.79 Å². The Kier molecular flexibility index (Phi) is 2.58. The number of hydrogen-bond acceptors (Lipinski definition) is 3. The van der Waals surface area contributed by atoms with Gasteiger partial charge < -0.3 is 4.74 Å². The first-order valence-electron chi connectivity index (χ1n) is 5.07. The first-order chi connectivity index (χ1) is 7.20.